The van der Waals surface area contributed by atoms with Crippen LogP contribution in [0.1, 0.15) is 51.9 Å². The van der Waals surface area contributed by atoms with Crippen LogP contribution in [-0.2, 0) is 4.79 Å². The molecule has 2 aliphatic rings. The SMILES string of the molecule is CCC(C#N)C(=O)N1CCC[C@H]2CCCC[C@H]21. The molecule has 3 nitrogen and oxygen atoms in total. The van der Waals surface area contributed by atoms with E-state index < -0.39 is 5.92 Å². The van der Waals surface area contributed by atoms with Gasteiger partial charge in [-0.3, -0.25) is 4.79 Å². The number of amides is 1. The molecular formula is C14H22N2O. The molecule has 0 bridgehead atoms. The minimum atomic E-state index is -0.421. The van der Waals surface area contributed by atoms with Crippen molar-refractivity contribution in [1.29, 1.82) is 5.26 Å². The molecule has 2 rings (SSSR count). The Hall–Kier alpha value is -1.04. The van der Waals surface area contributed by atoms with Crippen molar-refractivity contribution in [3.63, 3.8) is 0 Å². The Morgan fingerprint density at radius 3 is 2.76 bits per heavy atom. The lowest BCUT2D eigenvalue weighted by molar-refractivity contribution is -0.140. The maximum absolute atomic E-state index is 12.3. The van der Waals surface area contributed by atoms with E-state index in [4.69, 9.17) is 5.26 Å². The second kappa shape index (κ2) is 5.53. The molecule has 1 aliphatic carbocycles. The topological polar surface area (TPSA) is 44.1 Å². The van der Waals surface area contributed by atoms with Crippen molar-refractivity contribution < 1.29 is 4.79 Å². The second-order valence-corrected chi connectivity index (χ2v) is 5.38. The van der Waals surface area contributed by atoms with Crippen molar-refractivity contribution >= 4 is 5.91 Å². The van der Waals surface area contributed by atoms with Gasteiger partial charge in [0.2, 0.25) is 5.91 Å². The number of carbonyl (C=O) groups excluding carboxylic acids is 1. The monoisotopic (exact) mass is 234 g/mol. The number of likely N-dealkylation sites (tertiary alicyclic amines) is 1. The molecule has 1 heterocycles. The smallest absolute Gasteiger partial charge is 0.240 e. The molecule has 0 spiro atoms. The van der Waals surface area contributed by atoms with Crippen molar-refractivity contribution in [1.82, 2.24) is 4.90 Å². The highest BCUT2D eigenvalue weighted by Crippen LogP contribution is 2.35. The summed E-state index contributed by atoms with van der Waals surface area (Å²) in [4.78, 5) is 14.4. The van der Waals surface area contributed by atoms with Crippen LogP contribution in [0.2, 0.25) is 0 Å². The van der Waals surface area contributed by atoms with Gasteiger partial charge < -0.3 is 4.90 Å². The fourth-order valence-electron chi connectivity index (χ4n) is 3.42. The Labute approximate surface area is 104 Å². The van der Waals surface area contributed by atoms with Crippen LogP contribution in [0.5, 0.6) is 0 Å². The lowest BCUT2D eigenvalue weighted by Gasteiger charge is -2.44. The summed E-state index contributed by atoms with van der Waals surface area (Å²) < 4.78 is 0. The molecular weight excluding hydrogens is 212 g/mol. The van der Waals surface area contributed by atoms with Gasteiger partial charge in [0.25, 0.3) is 0 Å². The van der Waals surface area contributed by atoms with Crippen LogP contribution in [0.25, 0.3) is 0 Å². The van der Waals surface area contributed by atoms with Crippen LogP contribution in [0, 0.1) is 23.2 Å². The van der Waals surface area contributed by atoms with Crippen molar-refractivity contribution in [2.45, 2.75) is 57.9 Å². The van der Waals surface area contributed by atoms with Gasteiger partial charge in [0.05, 0.1) is 6.07 Å². The molecule has 0 aromatic rings. The summed E-state index contributed by atoms with van der Waals surface area (Å²) >= 11 is 0. The lowest BCUT2D eigenvalue weighted by atomic mass is 9.78. The van der Waals surface area contributed by atoms with E-state index in [1.54, 1.807) is 0 Å². The van der Waals surface area contributed by atoms with Gasteiger partial charge in [0.15, 0.2) is 0 Å². The van der Waals surface area contributed by atoms with Crippen LogP contribution in [0.4, 0.5) is 0 Å². The molecule has 1 amide bonds. The molecule has 1 saturated carbocycles. The number of nitriles is 1. The summed E-state index contributed by atoms with van der Waals surface area (Å²) in [7, 11) is 0. The number of carbonyl (C=O) groups is 1. The third kappa shape index (κ3) is 2.46. The second-order valence-electron chi connectivity index (χ2n) is 5.38. The first kappa shape index (κ1) is 12.4. The van der Waals surface area contributed by atoms with Crippen molar-refractivity contribution in [2.24, 2.45) is 11.8 Å². The molecule has 3 heteroatoms. The Morgan fingerprint density at radius 2 is 2.06 bits per heavy atom. The molecule has 0 radical (unpaired) electrons. The van der Waals surface area contributed by atoms with Crippen molar-refractivity contribution in [3.8, 4) is 6.07 Å². The molecule has 17 heavy (non-hydrogen) atoms. The fraction of sp³-hybridized carbons (Fsp3) is 0.857. The molecule has 0 aromatic heterocycles. The highest BCUT2D eigenvalue weighted by Gasteiger charge is 2.37. The van der Waals surface area contributed by atoms with E-state index in [2.05, 4.69) is 6.07 Å². The maximum atomic E-state index is 12.3. The Kier molecular flexibility index (Phi) is 4.04. The third-order valence-corrected chi connectivity index (χ3v) is 4.39. The number of hydrogen-bond donors (Lipinski definition) is 0. The molecule has 1 unspecified atom stereocenters. The van der Waals surface area contributed by atoms with Gasteiger partial charge in [0, 0.05) is 12.6 Å². The summed E-state index contributed by atoms with van der Waals surface area (Å²) in [6, 6.07) is 2.59. The maximum Gasteiger partial charge on any atom is 0.240 e. The molecule has 2 fully saturated rings. The molecule has 94 valence electrons. The quantitative estimate of drug-likeness (QED) is 0.737. The summed E-state index contributed by atoms with van der Waals surface area (Å²) in [6.45, 7) is 2.80. The standard InChI is InChI=1S/C14H22N2O/c1-2-11(10-15)14(17)16-9-5-7-12-6-3-4-8-13(12)16/h11-13H,2-9H2,1H3/t11?,12-,13-/m1/s1. The Balaban J connectivity index is 2.08. The first-order valence-corrected chi connectivity index (χ1v) is 6.98. The third-order valence-electron chi connectivity index (χ3n) is 4.39. The molecule has 0 N–H and O–H groups in total. The first-order valence-electron chi connectivity index (χ1n) is 6.98. The van der Waals surface area contributed by atoms with Crippen molar-refractivity contribution in [2.75, 3.05) is 6.54 Å². The first-order chi connectivity index (χ1) is 8.27. The minimum absolute atomic E-state index is 0.0894. The van der Waals surface area contributed by atoms with E-state index in [-0.39, 0.29) is 5.91 Å². The number of hydrogen-bond acceptors (Lipinski definition) is 2. The molecule has 1 aliphatic heterocycles. The van der Waals surface area contributed by atoms with Gasteiger partial charge in [-0.25, -0.2) is 0 Å². The van der Waals surface area contributed by atoms with Gasteiger partial charge in [-0.05, 0) is 38.0 Å². The highest BCUT2D eigenvalue weighted by atomic mass is 16.2. The van der Waals surface area contributed by atoms with Crippen LogP contribution in [-0.4, -0.2) is 23.4 Å². The van der Waals surface area contributed by atoms with Gasteiger partial charge in [-0.2, -0.15) is 5.26 Å². The molecule has 1 saturated heterocycles. The predicted octanol–water partition coefficient (Wildman–Crippen LogP) is 2.72. The summed E-state index contributed by atoms with van der Waals surface area (Å²) in [5.41, 5.74) is 0. The van der Waals surface area contributed by atoms with Gasteiger partial charge in [-0.15, -0.1) is 0 Å². The van der Waals surface area contributed by atoms with E-state index in [0.717, 1.165) is 19.4 Å². The zero-order valence-corrected chi connectivity index (χ0v) is 10.7. The van der Waals surface area contributed by atoms with Crippen LogP contribution < -0.4 is 0 Å². The number of nitrogens with zero attached hydrogens (tertiary/aromatic N) is 2. The van der Waals surface area contributed by atoms with Gasteiger partial charge in [-0.1, -0.05) is 19.8 Å². The predicted molar refractivity (Wildman–Crippen MR) is 66.1 cm³/mol. The number of piperidine rings is 1. The van der Waals surface area contributed by atoms with E-state index in [0.29, 0.717) is 18.4 Å². The minimum Gasteiger partial charge on any atom is -0.338 e. The number of fused-ring (bicyclic) bond motifs is 1. The van der Waals surface area contributed by atoms with Gasteiger partial charge in [0.1, 0.15) is 5.92 Å². The molecule has 0 aromatic carbocycles. The largest absolute Gasteiger partial charge is 0.338 e. The summed E-state index contributed by atoms with van der Waals surface area (Å²) in [6.07, 6.45) is 8.03. The lowest BCUT2D eigenvalue weighted by Crippen LogP contribution is -2.51. The highest BCUT2D eigenvalue weighted by molar-refractivity contribution is 5.81. The van der Waals surface area contributed by atoms with Crippen LogP contribution in [0.15, 0.2) is 0 Å². The van der Waals surface area contributed by atoms with Crippen LogP contribution >= 0.6 is 0 Å². The Morgan fingerprint density at radius 1 is 1.35 bits per heavy atom. The average Bonchev–Trinajstić information content (AvgIpc) is 2.39. The number of rotatable bonds is 2. The van der Waals surface area contributed by atoms with E-state index in [9.17, 15) is 4.79 Å². The zero-order valence-electron chi connectivity index (χ0n) is 10.7. The molecule has 3 atom stereocenters. The van der Waals surface area contributed by atoms with Gasteiger partial charge >= 0.3 is 0 Å². The van der Waals surface area contributed by atoms with E-state index in [1.807, 2.05) is 11.8 Å². The summed E-state index contributed by atoms with van der Waals surface area (Å²) in [5, 5.41) is 9.03. The zero-order chi connectivity index (χ0) is 12.3. The average molecular weight is 234 g/mol. The fourth-order valence-corrected chi connectivity index (χ4v) is 3.42. The summed E-state index contributed by atoms with van der Waals surface area (Å²) in [5.74, 6) is 0.375. The van der Waals surface area contributed by atoms with Crippen molar-refractivity contribution in [3.05, 3.63) is 0 Å². The Bertz CT molecular complexity index is 319. The normalized spacial score (nSPS) is 30.2. The van der Waals surface area contributed by atoms with E-state index in [1.165, 1.54) is 25.7 Å². The van der Waals surface area contributed by atoms with E-state index >= 15 is 0 Å². The van der Waals surface area contributed by atoms with Crippen LogP contribution in [0.3, 0.4) is 0 Å².